The predicted octanol–water partition coefficient (Wildman–Crippen LogP) is 5.00. The second-order valence-electron chi connectivity index (χ2n) is 5.68. The third kappa shape index (κ3) is 2.47. The molecule has 0 radical (unpaired) electrons. The summed E-state index contributed by atoms with van der Waals surface area (Å²) < 4.78 is 0. The van der Waals surface area contributed by atoms with Crippen LogP contribution in [0.3, 0.4) is 0 Å². The van der Waals surface area contributed by atoms with Crippen molar-refractivity contribution in [1.29, 1.82) is 0 Å². The zero-order chi connectivity index (χ0) is 15.0. The quantitative estimate of drug-likeness (QED) is 0.601. The minimum atomic E-state index is 0.108. The number of hydrogen-bond acceptors (Lipinski definition) is 1. The highest BCUT2D eigenvalue weighted by Crippen LogP contribution is 2.25. The summed E-state index contributed by atoms with van der Waals surface area (Å²) >= 11 is 0. The zero-order valence-electron chi connectivity index (χ0n) is 12.6. The van der Waals surface area contributed by atoms with E-state index in [1.165, 1.54) is 0 Å². The molecule has 0 heterocycles. The Morgan fingerprint density at radius 2 is 1.48 bits per heavy atom. The van der Waals surface area contributed by atoms with Crippen LogP contribution in [0.2, 0.25) is 0 Å². The topological polar surface area (TPSA) is 17.1 Å². The highest BCUT2D eigenvalue weighted by Gasteiger charge is 2.15. The van der Waals surface area contributed by atoms with Crippen LogP contribution in [-0.2, 0) is 0 Å². The second-order valence-corrected chi connectivity index (χ2v) is 5.68. The standard InChI is InChI=1S/C20H18O/c1-13-10-14(2)12-17(11-13)20(21)19-15(3)8-9-16-6-4-5-7-18(16)19/h4-12H,1-3H3. The van der Waals surface area contributed by atoms with Crippen LogP contribution in [0.4, 0.5) is 0 Å². The van der Waals surface area contributed by atoms with Crippen molar-refractivity contribution in [3.63, 3.8) is 0 Å². The van der Waals surface area contributed by atoms with Gasteiger partial charge in [-0.05, 0) is 49.2 Å². The molecule has 0 fully saturated rings. The summed E-state index contributed by atoms with van der Waals surface area (Å²) in [5, 5.41) is 2.14. The third-order valence-electron chi connectivity index (χ3n) is 3.85. The van der Waals surface area contributed by atoms with Gasteiger partial charge in [0.2, 0.25) is 0 Å². The molecule has 0 aliphatic rings. The van der Waals surface area contributed by atoms with E-state index in [9.17, 15) is 4.79 Å². The van der Waals surface area contributed by atoms with Gasteiger partial charge in [-0.25, -0.2) is 0 Å². The van der Waals surface area contributed by atoms with Gasteiger partial charge in [0.1, 0.15) is 0 Å². The lowest BCUT2D eigenvalue weighted by molar-refractivity contribution is 0.103. The number of carbonyl (C=O) groups is 1. The van der Waals surface area contributed by atoms with Gasteiger partial charge in [-0.3, -0.25) is 4.79 Å². The van der Waals surface area contributed by atoms with Crippen molar-refractivity contribution in [2.75, 3.05) is 0 Å². The fraction of sp³-hybridized carbons (Fsp3) is 0.150. The van der Waals surface area contributed by atoms with Crippen molar-refractivity contribution < 1.29 is 4.79 Å². The molecule has 0 N–H and O–H groups in total. The summed E-state index contributed by atoms with van der Waals surface area (Å²) in [5.41, 5.74) is 4.86. The molecular weight excluding hydrogens is 256 g/mol. The van der Waals surface area contributed by atoms with Gasteiger partial charge in [0, 0.05) is 11.1 Å². The van der Waals surface area contributed by atoms with E-state index in [0.717, 1.165) is 38.6 Å². The normalized spacial score (nSPS) is 10.8. The van der Waals surface area contributed by atoms with Crippen molar-refractivity contribution in [3.05, 3.63) is 82.4 Å². The van der Waals surface area contributed by atoms with E-state index in [1.807, 2.05) is 63.2 Å². The summed E-state index contributed by atoms with van der Waals surface area (Å²) in [7, 11) is 0. The minimum absolute atomic E-state index is 0.108. The Kier molecular flexibility index (Phi) is 3.34. The molecule has 0 amide bonds. The molecule has 3 rings (SSSR count). The Morgan fingerprint density at radius 3 is 2.19 bits per heavy atom. The van der Waals surface area contributed by atoms with E-state index < -0.39 is 0 Å². The first-order valence-corrected chi connectivity index (χ1v) is 7.17. The van der Waals surface area contributed by atoms with Crippen LogP contribution < -0.4 is 0 Å². The fourth-order valence-electron chi connectivity index (χ4n) is 2.93. The average molecular weight is 274 g/mol. The lowest BCUT2D eigenvalue weighted by Crippen LogP contribution is -2.05. The molecule has 0 saturated heterocycles. The van der Waals surface area contributed by atoms with Gasteiger partial charge in [-0.15, -0.1) is 0 Å². The number of rotatable bonds is 2. The first-order valence-electron chi connectivity index (χ1n) is 7.17. The monoisotopic (exact) mass is 274 g/mol. The molecule has 0 spiro atoms. The predicted molar refractivity (Wildman–Crippen MR) is 88.0 cm³/mol. The number of ketones is 1. The smallest absolute Gasteiger partial charge is 0.193 e. The van der Waals surface area contributed by atoms with Crippen LogP contribution in [0, 0.1) is 20.8 Å². The molecule has 1 nitrogen and oxygen atoms in total. The first kappa shape index (κ1) is 13.6. The minimum Gasteiger partial charge on any atom is -0.289 e. The zero-order valence-corrected chi connectivity index (χ0v) is 12.6. The summed E-state index contributed by atoms with van der Waals surface area (Å²) in [6.45, 7) is 6.06. The SMILES string of the molecule is Cc1cc(C)cc(C(=O)c2c(C)ccc3ccccc23)c1. The second kappa shape index (κ2) is 5.17. The Balaban J connectivity index is 2.24. The highest BCUT2D eigenvalue weighted by molar-refractivity contribution is 6.17. The number of benzene rings is 3. The summed E-state index contributed by atoms with van der Waals surface area (Å²) in [6, 6.07) is 18.2. The molecule has 0 bridgehead atoms. The molecule has 3 aromatic carbocycles. The summed E-state index contributed by atoms with van der Waals surface area (Å²) in [5.74, 6) is 0.108. The lowest BCUT2D eigenvalue weighted by Gasteiger charge is -2.11. The molecule has 0 aliphatic heterocycles. The first-order chi connectivity index (χ1) is 10.1. The van der Waals surface area contributed by atoms with Crippen LogP contribution in [-0.4, -0.2) is 5.78 Å². The number of carbonyl (C=O) groups excluding carboxylic acids is 1. The Labute approximate surface area is 125 Å². The Bertz CT molecular complexity index is 823. The number of hydrogen-bond donors (Lipinski definition) is 0. The van der Waals surface area contributed by atoms with E-state index in [0.29, 0.717) is 0 Å². The number of fused-ring (bicyclic) bond motifs is 1. The van der Waals surface area contributed by atoms with E-state index in [1.54, 1.807) is 0 Å². The molecule has 0 unspecified atom stereocenters. The van der Waals surface area contributed by atoms with Gasteiger partial charge < -0.3 is 0 Å². The van der Waals surface area contributed by atoms with Crippen LogP contribution in [0.1, 0.15) is 32.6 Å². The molecule has 0 saturated carbocycles. The van der Waals surface area contributed by atoms with Crippen LogP contribution in [0.5, 0.6) is 0 Å². The maximum Gasteiger partial charge on any atom is 0.193 e. The molecule has 21 heavy (non-hydrogen) atoms. The molecule has 3 aromatic rings. The van der Waals surface area contributed by atoms with Gasteiger partial charge in [-0.1, -0.05) is 53.6 Å². The molecule has 1 heteroatoms. The van der Waals surface area contributed by atoms with E-state index >= 15 is 0 Å². The van der Waals surface area contributed by atoms with E-state index in [2.05, 4.69) is 12.1 Å². The molecular formula is C20H18O. The maximum absolute atomic E-state index is 13.0. The largest absolute Gasteiger partial charge is 0.289 e. The Morgan fingerprint density at radius 1 is 0.810 bits per heavy atom. The van der Waals surface area contributed by atoms with Crippen molar-refractivity contribution in [2.45, 2.75) is 20.8 Å². The summed E-state index contributed by atoms with van der Waals surface area (Å²) in [4.78, 5) is 13.0. The fourth-order valence-corrected chi connectivity index (χ4v) is 2.93. The van der Waals surface area contributed by atoms with Gasteiger partial charge in [0.05, 0.1) is 0 Å². The summed E-state index contributed by atoms with van der Waals surface area (Å²) in [6.07, 6.45) is 0. The van der Waals surface area contributed by atoms with Crippen molar-refractivity contribution in [2.24, 2.45) is 0 Å². The Hall–Kier alpha value is -2.41. The van der Waals surface area contributed by atoms with Crippen LogP contribution >= 0.6 is 0 Å². The van der Waals surface area contributed by atoms with Crippen LogP contribution in [0.25, 0.3) is 10.8 Å². The highest BCUT2D eigenvalue weighted by atomic mass is 16.1. The van der Waals surface area contributed by atoms with E-state index in [4.69, 9.17) is 0 Å². The van der Waals surface area contributed by atoms with Gasteiger partial charge in [0.15, 0.2) is 5.78 Å². The molecule has 0 atom stereocenters. The van der Waals surface area contributed by atoms with Crippen molar-refractivity contribution >= 4 is 16.6 Å². The van der Waals surface area contributed by atoms with Gasteiger partial charge in [0.25, 0.3) is 0 Å². The van der Waals surface area contributed by atoms with Gasteiger partial charge >= 0.3 is 0 Å². The maximum atomic E-state index is 13.0. The molecule has 104 valence electrons. The molecule has 0 aliphatic carbocycles. The lowest BCUT2D eigenvalue weighted by atomic mass is 9.92. The van der Waals surface area contributed by atoms with E-state index in [-0.39, 0.29) is 5.78 Å². The van der Waals surface area contributed by atoms with Crippen LogP contribution in [0.15, 0.2) is 54.6 Å². The molecule has 0 aromatic heterocycles. The number of aryl methyl sites for hydroxylation is 3. The van der Waals surface area contributed by atoms with Crippen molar-refractivity contribution in [1.82, 2.24) is 0 Å². The van der Waals surface area contributed by atoms with Gasteiger partial charge in [-0.2, -0.15) is 0 Å². The average Bonchev–Trinajstić information content (AvgIpc) is 2.45. The van der Waals surface area contributed by atoms with Crippen molar-refractivity contribution in [3.8, 4) is 0 Å². The third-order valence-corrected chi connectivity index (χ3v) is 3.85.